The predicted molar refractivity (Wildman–Crippen MR) is 84.4 cm³/mol. The van der Waals surface area contributed by atoms with Crippen molar-refractivity contribution in [1.82, 2.24) is 10.6 Å². The van der Waals surface area contributed by atoms with Gasteiger partial charge in [-0.15, -0.1) is 12.4 Å². The van der Waals surface area contributed by atoms with Crippen LogP contribution in [0.2, 0.25) is 0 Å². The highest BCUT2D eigenvalue weighted by molar-refractivity contribution is 5.85. The first kappa shape index (κ1) is 17.6. The molecule has 2 N–H and O–H groups in total. The van der Waals surface area contributed by atoms with Crippen LogP contribution in [0.3, 0.4) is 0 Å². The van der Waals surface area contributed by atoms with E-state index in [4.69, 9.17) is 9.47 Å². The zero-order valence-corrected chi connectivity index (χ0v) is 13.2. The summed E-state index contributed by atoms with van der Waals surface area (Å²) in [4.78, 5) is 11.9. The quantitative estimate of drug-likeness (QED) is 0.840. The molecule has 0 bridgehead atoms. The molecule has 2 atom stereocenters. The molecule has 0 aliphatic carbocycles. The molecule has 6 heteroatoms. The minimum atomic E-state index is -0.114. The Bertz CT molecular complexity index is 450. The van der Waals surface area contributed by atoms with Crippen LogP contribution < -0.4 is 20.1 Å². The Morgan fingerprint density at radius 1 is 1.43 bits per heavy atom. The van der Waals surface area contributed by atoms with Gasteiger partial charge in [0.1, 0.15) is 6.10 Å². The summed E-state index contributed by atoms with van der Waals surface area (Å²) in [5, 5.41) is 6.09. The van der Waals surface area contributed by atoms with Crippen LogP contribution in [0.5, 0.6) is 11.5 Å². The van der Waals surface area contributed by atoms with E-state index in [9.17, 15) is 4.79 Å². The topological polar surface area (TPSA) is 59.6 Å². The van der Waals surface area contributed by atoms with Crippen LogP contribution in [0.25, 0.3) is 0 Å². The van der Waals surface area contributed by atoms with Crippen LogP contribution in [0.4, 0.5) is 0 Å². The monoisotopic (exact) mass is 314 g/mol. The normalized spacial score (nSPS) is 18.5. The highest BCUT2D eigenvalue weighted by Gasteiger charge is 2.22. The molecule has 1 heterocycles. The maximum absolute atomic E-state index is 11.9. The average molecular weight is 315 g/mol. The molecule has 118 valence electrons. The fourth-order valence-corrected chi connectivity index (χ4v) is 2.25. The van der Waals surface area contributed by atoms with Crippen LogP contribution in [-0.2, 0) is 4.79 Å². The van der Waals surface area contributed by atoms with Gasteiger partial charge in [0, 0.05) is 0 Å². The Morgan fingerprint density at radius 3 is 2.76 bits per heavy atom. The Kier molecular flexibility index (Phi) is 7.32. The van der Waals surface area contributed by atoms with E-state index in [2.05, 4.69) is 10.6 Å². The fraction of sp³-hybridized carbons (Fsp3) is 0.533. The lowest BCUT2D eigenvalue weighted by Crippen LogP contribution is -2.43. The summed E-state index contributed by atoms with van der Waals surface area (Å²) in [6, 6.07) is 7.45. The molecule has 0 radical (unpaired) electrons. The Balaban J connectivity index is 0.00000220. The number of hydrogen-bond donors (Lipinski definition) is 2. The van der Waals surface area contributed by atoms with E-state index in [0.717, 1.165) is 19.4 Å². The van der Waals surface area contributed by atoms with Crippen molar-refractivity contribution in [3.8, 4) is 11.5 Å². The van der Waals surface area contributed by atoms with E-state index >= 15 is 0 Å². The van der Waals surface area contributed by atoms with Crippen LogP contribution in [-0.4, -0.2) is 38.3 Å². The third-order valence-electron chi connectivity index (χ3n) is 3.34. The molecular formula is C15H23ClN2O3. The third kappa shape index (κ3) is 5.10. The molecule has 1 aromatic carbocycles. The lowest BCUT2D eigenvalue weighted by molar-refractivity contribution is -0.123. The number of hydrogen-bond acceptors (Lipinski definition) is 4. The zero-order chi connectivity index (χ0) is 14.4. The SMILES string of the molecule is COc1ccccc1OC(C)CNC(=O)C1CCCN1.Cl. The zero-order valence-electron chi connectivity index (χ0n) is 12.4. The van der Waals surface area contributed by atoms with Crippen molar-refractivity contribution >= 4 is 18.3 Å². The molecule has 2 unspecified atom stereocenters. The summed E-state index contributed by atoms with van der Waals surface area (Å²) in [5.74, 6) is 1.44. The van der Waals surface area contributed by atoms with Crippen LogP contribution in [0, 0.1) is 0 Å². The molecule has 5 nitrogen and oxygen atoms in total. The molecule has 0 spiro atoms. The van der Waals surface area contributed by atoms with Crippen molar-refractivity contribution in [2.24, 2.45) is 0 Å². The predicted octanol–water partition coefficient (Wildman–Crippen LogP) is 1.75. The Hall–Kier alpha value is -1.46. The summed E-state index contributed by atoms with van der Waals surface area (Å²) < 4.78 is 11.0. The third-order valence-corrected chi connectivity index (χ3v) is 3.34. The summed E-state index contributed by atoms with van der Waals surface area (Å²) in [5.41, 5.74) is 0. The lowest BCUT2D eigenvalue weighted by Gasteiger charge is -2.18. The van der Waals surface area contributed by atoms with E-state index in [1.165, 1.54) is 0 Å². The molecule has 1 amide bonds. The highest BCUT2D eigenvalue weighted by atomic mass is 35.5. The molecule has 21 heavy (non-hydrogen) atoms. The van der Waals surface area contributed by atoms with Gasteiger partial charge in [-0.25, -0.2) is 0 Å². The molecule has 1 saturated heterocycles. The van der Waals surface area contributed by atoms with Gasteiger partial charge in [-0.2, -0.15) is 0 Å². The molecule has 1 aromatic rings. The van der Waals surface area contributed by atoms with Gasteiger partial charge in [0.15, 0.2) is 11.5 Å². The molecule has 1 aliphatic heterocycles. The Morgan fingerprint density at radius 2 is 2.14 bits per heavy atom. The van der Waals surface area contributed by atoms with Gasteiger partial charge >= 0.3 is 0 Å². The van der Waals surface area contributed by atoms with Crippen molar-refractivity contribution < 1.29 is 14.3 Å². The number of methoxy groups -OCH3 is 1. The van der Waals surface area contributed by atoms with Crippen LogP contribution >= 0.6 is 12.4 Å². The molecule has 1 fully saturated rings. The average Bonchev–Trinajstić information content (AvgIpc) is 2.99. The largest absolute Gasteiger partial charge is 0.493 e. The number of carbonyl (C=O) groups is 1. The van der Waals surface area contributed by atoms with Crippen molar-refractivity contribution in [3.63, 3.8) is 0 Å². The summed E-state index contributed by atoms with van der Waals surface area (Å²) in [7, 11) is 1.61. The maximum Gasteiger partial charge on any atom is 0.237 e. The summed E-state index contributed by atoms with van der Waals surface area (Å²) in [6.07, 6.45) is 1.86. The summed E-state index contributed by atoms with van der Waals surface area (Å²) >= 11 is 0. The fourth-order valence-electron chi connectivity index (χ4n) is 2.25. The van der Waals surface area contributed by atoms with Gasteiger partial charge in [0.25, 0.3) is 0 Å². The maximum atomic E-state index is 11.9. The molecular weight excluding hydrogens is 292 g/mol. The number of benzene rings is 1. The van der Waals surface area contributed by atoms with Crippen molar-refractivity contribution in [3.05, 3.63) is 24.3 Å². The van der Waals surface area contributed by atoms with Crippen molar-refractivity contribution in [2.45, 2.75) is 31.9 Å². The van der Waals surface area contributed by atoms with Crippen molar-refractivity contribution in [2.75, 3.05) is 20.2 Å². The number of amides is 1. The first-order valence-electron chi connectivity index (χ1n) is 7.01. The number of rotatable bonds is 6. The number of ether oxygens (including phenoxy) is 2. The van der Waals surface area contributed by atoms with Crippen LogP contribution in [0.1, 0.15) is 19.8 Å². The number of carbonyl (C=O) groups excluding carboxylic acids is 1. The van der Waals surface area contributed by atoms with Gasteiger partial charge in [-0.3, -0.25) is 4.79 Å². The number of halogens is 1. The van der Waals surface area contributed by atoms with Gasteiger partial charge < -0.3 is 20.1 Å². The molecule has 0 saturated carbocycles. The number of para-hydroxylation sites is 2. The van der Waals surface area contributed by atoms with Gasteiger partial charge in [-0.1, -0.05) is 12.1 Å². The second-order valence-corrected chi connectivity index (χ2v) is 4.97. The summed E-state index contributed by atoms with van der Waals surface area (Å²) in [6.45, 7) is 3.33. The second-order valence-electron chi connectivity index (χ2n) is 4.97. The smallest absolute Gasteiger partial charge is 0.237 e. The minimum Gasteiger partial charge on any atom is -0.493 e. The van der Waals surface area contributed by atoms with Gasteiger partial charge in [0.2, 0.25) is 5.91 Å². The van der Waals surface area contributed by atoms with Crippen molar-refractivity contribution in [1.29, 1.82) is 0 Å². The molecule has 1 aliphatic rings. The Labute approximate surface area is 131 Å². The van der Waals surface area contributed by atoms with E-state index in [0.29, 0.717) is 18.0 Å². The highest BCUT2D eigenvalue weighted by Crippen LogP contribution is 2.26. The first-order chi connectivity index (χ1) is 9.70. The standard InChI is InChI=1S/C15H22N2O3.ClH/c1-11(10-17-15(18)12-6-5-9-16-12)20-14-8-4-3-7-13(14)19-2;/h3-4,7-8,11-12,16H,5-6,9-10H2,1-2H3,(H,17,18);1H. The van der Waals surface area contributed by atoms with E-state index < -0.39 is 0 Å². The van der Waals surface area contributed by atoms with E-state index in [1.54, 1.807) is 7.11 Å². The first-order valence-corrected chi connectivity index (χ1v) is 7.01. The molecule has 2 rings (SSSR count). The lowest BCUT2D eigenvalue weighted by atomic mass is 10.2. The van der Waals surface area contributed by atoms with E-state index in [-0.39, 0.29) is 30.5 Å². The number of nitrogens with one attached hydrogen (secondary N) is 2. The van der Waals surface area contributed by atoms with Crippen LogP contribution in [0.15, 0.2) is 24.3 Å². The molecule has 0 aromatic heterocycles. The van der Waals surface area contributed by atoms with Gasteiger partial charge in [-0.05, 0) is 38.4 Å². The van der Waals surface area contributed by atoms with E-state index in [1.807, 2.05) is 31.2 Å². The minimum absolute atomic E-state index is 0. The van der Waals surface area contributed by atoms with Gasteiger partial charge in [0.05, 0.1) is 19.7 Å². The second kappa shape index (κ2) is 8.74.